The molecule has 0 saturated carbocycles. The predicted molar refractivity (Wildman–Crippen MR) is 65.1 cm³/mol. The molecule has 1 aromatic heterocycles. The predicted octanol–water partition coefficient (Wildman–Crippen LogP) is 1.88. The van der Waals surface area contributed by atoms with Crippen molar-refractivity contribution in [1.29, 1.82) is 0 Å². The van der Waals surface area contributed by atoms with E-state index in [0.29, 0.717) is 23.8 Å². The topological polar surface area (TPSA) is 65.2 Å². The first-order valence-corrected chi connectivity index (χ1v) is 5.81. The van der Waals surface area contributed by atoms with Gasteiger partial charge in [0.2, 0.25) is 0 Å². The zero-order valence-electron chi connectivity index (χ0n) is 9.10. The standard InChI is InChI=1S/C11H14N2O2S/c1-3-15-11(14)8(2)7-16-9-4-5-10(12)13-6-9/h4-6H,2-3,7H2,1H3,(H2,12,13). The van der Waals surface area contributed by atoms with Crippen molar-refractivity contribution in [2.75, 3.05) is 18.1 Å². The Morgan fingerprint density at radius 1 is 1.62 bits per heavy atom. The van der Waals surface area contributed by atoms with Crippen LogP contribution in [0.2, 0.25) is 0 Å². The molecule has 1 heterocycles. The molecule has 86 valence electrons. The maximum absolute atomic E-state index is 11.2. The molecular weight excluding hydrogens is 224 g/mol. The highest BCUT2D eigenvalue weighted by molar-refractivity contribution is 7.99. The number of anilines is 1. The molecule has 5 heteroatoms. The summed E-state index contributed by atoms with van der Waals surface area (Å²) in [5.74, 6) is 0.622. The van der Waals surface area contributed by atoms with Crippen LogP contribution in [0, 0.1) is 0 Å². The number of esters is 1. The van der Waals surface area contributed by atoms with Gasteiger partial charge in [-0.25, -0.2) is 9.78 Å². The number of nitrogen functional groups attached to an aromatic ring is 1. The van der Waals surface area contributed by atoms with Crippen LogP contribution in [0.15, 0.2) is 35.4 Å². The summed E-state index contributed by atoms with van der Waals surface area (Å²) < 4.78 is 4.82. The van der Waals surface area contributed by atoms with Crippen molar-refractivity contribution in [2.45, 2.75) is 11.8 Å². The molecule has 0 aliphatic carbocycles. The summed E-state index contributed by atoms with van der Waals surface area (Å²) >= 11 is 1.47. The van der Waals surface area contributed by atoms with Gasteiger partial charge < -0.3 is 10.5 Å². The number of nitrogens with zero attached hydrogens (tertiary/aromatic N) is 1. The van der Waals surface area contributed by atoms with Gasteiger partial charge in [-0.05, 0) is 19.1 Å². The van der Waals surface area contributed by atoms with Gasteiger partial charge in [-0.3, -0.25) is 0 Å². The number of pyridine rings is 1. The highest BCUT2D eigenvalue weighted by atomic mass is 32.2. The molecule has 1 rings (SSSR count). The van der Waals surface area contributed by atoms with Crippen LogP contribution in [0.4, 0.5) is 5.82 Å². The van der Waals surface area contributed by atoms with Crippen molar-refractivity contribution < 1.29 is 9.53 Å². The molecule has 0 fully saturated rings. The fourth-order valence-corrected chi connectivity index (χ4v) is 1.69. The first kappa shape index (κ1) is 12.6. The van der Waals surface area contributed by atoms with Crippen LogP contribution in [0.3, 0.4) is 0 Å². The van der Waals surface area contributed by atoms with Gasteiger partial charge in [-0.2, -0.15) is 0 Å². The minimum Gasteiger partial charge on any atom is -0.463 e. The Balaban J connectivity index is 2.42. The molecule has 1 aromatic rings. The molecule has 4 nitrogen and oxygen atoms in total. The molecule has 0 bridgehead atoms. The van der Waals surface area contributed by atoms with Crippen LogP contribution < -0.4 is 5.73 Å². The van der Waals surface area contributed by atoms with E-state index < -0.39 is 0 Å². The summed E-state index contributed by atoms with van der Waals surface area (Å²) in [6, 6.07) is 3.57. The second-order valence-electron chi connectivity index (χ2n) is 3.03. The Bertz CT molecular complexity index is 376. The summed E-state index contributed by atoms with van der Waals surface area (Å²) in [6.07, 6.45) is 1.67. The molecule has 16 heavy (non-hydrogen) atoms. The number of nitrogens with two attached hydrogens (primary N) is 1. The third-order valence-electron chi connectivity index (χ3n) is 1.74. The van der Waals surface area contributed by atoms with E-state index in [-0.39, 0.29) is 5.97 Å². The first-order valence-electron chi connectivity index (χ1n) is 4.82. The van der Waals surface area contributed by atoms with Gasteiger partial charge >= 0.3 is 5.97 Å². The van der Waals surface area contributed by atoms with Crippen LogP contribution in [-0.2, 0) is 9.53 Å². The lowest BCUT2D eigenvalue weighted by Gasteiger charge is -2.04. The molecule has 0 aliphatic heterocycles. The molecule has 0 atom stereocenters. The zero-order chi connectivity index (χ0) is 12.0. The van der Waals surface area contributed by atoms with Crippen molar-refractivity contribution in [3.05, 3.63) is 30.5 Å². The van der Waals surface area contributed by atoms with Gasteiger partial charge in [0, 0.05) is 22.4 Å². The Hall–Kier alpha value is -1.49. The van der Waals surface area contributed by atoms with Gasteiger partial charge in [0.05, 0.1) is 6.61 Å². The molecule has 0 spiro atoms. The van der Waals surface area contributed by atoms with Crippen molar-refractivity contribution in [3.8, 4) is 0 Å². The molecule has 0 unspecified atom stereocenters. The highest BCUT2D eigenvalue weighted by Crippen LogP contribution is 2.19. The molecule has 0 aromatic carbocycles. The minimum atomic E-state index is -0.349. The lowest BCUT2D eigenvalue weighted by Crippen LogP contribution is -2.08. The Morgan fingerprint density at radius 3 is 2.94 bits per heavy atom. The fourth-order valence-electron chi connectivity index (χ4n) is 0.940. The van der Waals surface area contributed by atoms with Crippen LogP contribution in [0.25, 0.3) is 0 Å². The molecule has 2 N–H and O–H groups in total. The molecule has 0 amide bonds. The normalized spacial score (nSPS) is 9.81. The number of carbonyl (C=O) groups is 1. The zero-order valence-corrected chi connectivity index (χ0v) is 9.92. The van der Waals surface area contributed by atoms with Gasteiger partial charge in [0.25, 0.3) is 0 Å². The summed E-state index contributed by atoms with van der Waals surface area (Å²) in [7, 11) is 0. The smallest absolute Gasteiger partial charge is 0.334 e. The van der Waals surface area contributed by atoms with E-state index in [4.69, 9.17) is 10.5 Å². The lowest BCUT2D eigenvalue weighted by atomic mass is 10.4. The second kappa shape index (κ2) is 6.17. The molecular formula is C11H14N2O2S. The van der Waals surface area contributed by atoms with Gasteiger partial charge in [-0.1, -0.05) is 6.58 Å². The van der Waals surface area contributed by atoms with Crippen molar-refractivity contribution in [3.63, 3.8) is 0 Å². The molecule has 0 radical (unpaired) electrons. The molecule has 0 saturated heterocycles. The van der Waals surface area contributed by atoms with Crippen molar-refractivity contribution in [1.82, 2.24) is 4.98 Å². The third-order valence-corrected chi connectivity index (χ3v) is 2.80. The number of aromatic nitrogens is 1. The fraction of sp³-hybridized carbons (Fsp3) is 0.273. The Morgan fingerprint density at radius 2 is 2.38 bits per heavy atom. The lowest BCUT2D eigenvalue weighted by molar-refractivity contribution is -0.138. The number of thioether (sulfide) groups is 1. The highest BCUT2D eigenvalue weighted by Gasteiger charge is 2.07. The quantitative estimate of drug-likeness (QED) is 0.482. The van der Waals surface area contributed by atoms with E-state index in [1.807, 2.05) is 6.07 Å². The van der Waals surface area contributed by atoms with Gasteiger partial charge in [0.15, 0.2) is 0 Å². The maximum Gasteiger partial charge on any atom is 0.334 e. The number of rotatable bonds is 5. The Kier molecular flexibility index (Phi) is 4.85. The Labute approximate surface area is 98.9 Å². The molecule has 0 aliphatic rings. The average Bonchev–Trinajstić information content (AvgIpc) is 2.28. The number of ether oxygens (including phenoxy) is 1. The first-order chi connectivity index (χ1) is 7.63. The van der Waals surface area contributed by atoms with E-state index in [1.54, 1.807) is 19.2 Å². The number of hydrogen-bond acceptors (Lipinski definition) is 5. The van der Waals surface area contributed by atoms with Crippen molar-refractivity contribution in [2.24, 2.45) is 0 Å². The summed E-state index contributed by atoms with van der Waals surface area (Å²) in [5.41, 5.74) is 5.91. The van der Waals surface area contributed by atoms with E-state index in [0.717, 1.165) is 4.90 Å². The number of hydrogen-bond donors (Lipinski definition) is 1. The van der Waals surface area contributed by atoms with E-state index >= 15 is 0 Å². The monoisotopic (exact) mass is 238 g/mol. The van der Waals surface area contributed by atoms with Gasteiger partial charge in [-0.15, -0.1) is 11.8 Å². The number of carbonyl (C=O) groups excluding carboxylic acids is 1. The summed E-state index contributed by atoms with van der Waals surface area (Å²) in [4.78, 5) is 16.1. The minimum absolute atomic E-state index is 0.349. The van der Waals surface area contributed by atoms with Crippen molar-refractivity contribution >= 4 is 23.5 Å². The van der Waals surface area contributed by atoms with Crippen LogP contribution in [0.1, 0.15) is 6.92 Å². The summed E-state index contributed by atoms with van der Waals surface area (Å²) in [5, 5.41) is 0. The van der Waals surface area contributed by atoms with E-state index in [2.05, 4.69) is 11.6 Å². The van der Waals surface area contributed by atoms with E-state index in [9.17, 15) is 4.79 Å². The third kappa shape index (κ3) is 3.94. The maximum atomic E-state index is 11.2. The van der Waals surface area contributed by atoms with E-state index in [1.165, 1.54) is 11.8 Å². The summed E-state index contributed by atoms with van der Waals surface area (Å²) in [6.45, 7) is 5.80. The van der Waals surface area contributed by atoms with Gasteiger partial charge in [0.1, 0.15) is 5.82 Å². The van der Waals surface area contributed by atoms with Crippen LogP contribution >= 0.6 is 11.8 Å². The second-order valence-corrected chi connectivity index (χ2v) is 4.08. The average molecular weight is 238 g/mol. The SMILES string of the molecule is C=C(CSc1ccc(N)nc1)C(=O)OCC. The van der Waals surface area contributed by atoms with Crippen LogP contribution in [0.5, 0.6) is 0 Å². The van der Waals surface area contributed by atoms with Crippen LogP contribution in [-0.4, -0.2) is 23.3 Å². The largest absolute Gasteiger partial charge is 0.463 e.